The predicted molar refractivity (Wildman–Crippen MR) is 77.7 cm³/mol. The van der Waals surface area contributed by atoms with Gasteiger partial charge in [-0.3, -0.25) is 4.79 Å². The number of amides is 2. The first-order valence-corrected chi connectivity index (χ1v) is 6.82. The lowest BCUT2D eigenvalue weighted by atomic mass is 10.3. The van der Waals surface area contributed by atoms with Crippen LogP contribution in [0.4, 0.5) is 10.5 Å². The zero-order valence-corrected chi connectivity index (χ0v) is 13.2. The van der Waals surface area contributed by atoms with Crippen molar-refractivity contribution < 1.29 is 19.4 Å². The number of hydrogen-bond donors (Lipinski definition) is 3. The first-order valence-electron chi connectivity index (χ1n) is 5.23. The van der Waals surface area contributed by atoms with E-state index >= 15 is 0 Å². The van der Waals surface area contributed by atoms with Gasteiger partial charge in [-0.25, -0.2) is 4.79 Å². The van der Waals surface area contributed by atoms with Crippen LogP contribution in [0.5, 0.6) is 5.75 Å². The molecule has 0 aliphatic rings. The second-order valence-electron chi connectivity index (χ2n) is 3.49. The number of carbonyl (C=O) groups excluding carboxylic acids is 1. The molecule has 0 bridgehead atoms. The van der Waals surface area contributed by atoms with E-state index in [-0.39, 0.29) is 13.0 Å². The third kappa shape index (κ3) is 5.07. The molecule has 2 amide bonds. The van der Waals surface area contributed by atoms with E-state index in [0.29, 0.717) is 15.9 Å². The van der Waals surface area contributed by atoms with Crippen molar-refractivity contribution in [2.75, 3.05) is 19.0 Å². The molecule has 0 aliphatic carbocycles. The Hall–Kier alpha value is -1.28. The largest absolute Gasteiger partial charge is 0.495 e. The number of ether oxygens (including phenoxy) is 1. The maximum absolute atomic E-state index is 11.5. The molecule has 0 aliphatic heterocycles. The number of aliphatic carboxylic acids is 1. The zero-order chi connectivity index (χ0) is 14.4. The highest BCUT2D eigenvalue weighted by molar-refractivity contribution is 9.11. The number of rotatable bonds is 5. The Morgan fingerprint density at radius 1 is 1.32 bits per heavy atom. The Morgan fingerprint density at radius 2 is 2.00 bits per heavy atom. The van der Waals surface area contributed by atoms with Gasteiger partial charge in [0, 0.05) is 17.1 Å². The molecule has 0 heterocycles. The Bertz CT molecular complexity index is 494. The predicted octanol–water partition coefficient (Wildman–Crippen LogP) is 2.82. The molecule has 3 N–H and O–H groups in total. The summed E-state index contributed by atoms with van der Waals surface area (Å²) in [5.41, 5.74) is 0.521. The van der Waals surface area contributed by atoms with Gasteiger partial charge in [-0.1, -0.05) is 0 Å². The molecule has 1 rings (SSSR count). The maximum atomic E-state index is 11.5. The molecule has 6 nitrogen and oxygen atoms in total. The number of hydrogen-bond acceptors (Lipinski definition) is 3. The van der Waals surface area contributed by atoms with Crippen molar-refractivity contribution >= 4 is 49.5 Å². The molecule has 1 aromatic carbocycles. The molecule has 0 saturated heterocycles. The Morgan fingerprint density at radius 3 is 2.58 bits per heavy atom. The van der Waals surface area contributed by atoms with Crippen LogP contribution < -0.4 is 15.4 Å². The molecule has 0 aromatic heterocycles. The summed E-state index contributed by atoms with van der Waals surface area (Å²) in [7, 11) is 1.52. The SMILES string of the molecule is COc1cc(NC(=O)NCCC(=O)O)c(Br)cc1Br. The van der Waals surface area contributed by atoms with Gasteiger partial charge in [0.25, 0.3) is 0 Å². The molecule has 0 fully saturated rings. The lowest BCUT2D eigenvalue weighted by Gasteiger charge is -2.11. The Kier molecular flexibility index (Phi) is 6.10. The quantitative estimate of drug-likeness (QED) is 0.715. The number of urea groups is 1. The van der Waals surface area contributed by atoms with Crippen molar-refractivity contribution in [2.45, 2.75) is 6.42 Å². The molecular formula is C11H12Br2N2O4. The number of nitrogens with one attached hydrogen (secondary N) is 2. The van der Waals surface area contributed by atoms with Gasteiger partial charge in [0.05, 0.1) is 23.7 Å². The molecule has 0 atom stereocenters. The van der Waals surface area contributed by atoms with E-state index in [1.807, 2.05) is 0 Å². The van der Waals surface area contributed by atoms with Gasteiger partial charge in [0.15, 0.2) is 0 Å². The molecule has 0 saturated carbocycles. The zero-order valence-electron chi connectivity index (χ0n) is 10.00. The van der Waals surface area contributed by atoms with Crippen LogP contribution in [0.25, 0.3) is 0 Å². The summed E-state index contributed by atoms with van der Waals surface area (Å²) in [6.07, 6.45) is -0.127. The minimum absolute atomic E-state index is 0.0620. The van der Waals surface area contributed by atoms with Crippen LogP contribution in [0, 0.1) is 0 Å². The second-order valence-corrected chi connectivity index (χ2v) is 5.20. The fourth-order valence-electron chi connectivity index (χ4n) is 1.23. The van der Waals surface area contributed by atoms with Gasteiger partial charge in [-0.05, 0) is 37.9 Å². The van der Waals surface area contributed by atoms with Crippen LogP contribution in [0.3, 0.4) is 0 Å². The molecular weight excluding hydrogens is 384 g/mol. The summed E-state index contributed by atoms with van der Waals surface area (Å²) in [4.78, 5) is 21.9. The van der Waals surface area contributed by atoms with Crippen molar-refractivity contribution in [1.29, 1.82) is 0 Å². The summed E-state index contributed by atoms with van der Waals surface area (Å²) in [5.74, 6) is -0.393. The highest BCUT2D eigenvalue weighted by atomic mass is 79.9. The fraction of sp³-hybridized carbons (Fsp3) is 0.273. The molecule has 0 radical (unpaired) electrons. The molecule has 19 heavy (non-hydrogen) atoms. The molecule has 8 heteroatoms. The van der Waals surface area contributed by atoms with E-state index in [9.17, 15) is 9.59 Å². The van der Waals surface area contributed by atoms with Crippen molar-refractivity contribution in [3.8, 4) is 5.75 Å². The first-order chi connectivity index (χ1) is 8.93. The Labute approximate surface area is 126 Å². The highest BCUT2D eigenvalue weighted by Crippen LogP contribution is 2.34. The van der Waals surface area contributed by atoms with Gasteiger partial charge < -0.3 is 20.5 Å². The normalized spacial score (nSPS) is 9.84. The number of halogens is 2. The van der Waals surface area contributed by atoms with Gasteiger partial charge in [0.1, 0.15) is 5.75 Å². The molecule has 0 spiro atoms. The summed E-state index contributed by atoms with van der Waals surface area (Å²) in [6.45, 7) is 0.0620. The topological polar surface area (TPSA) is 87.7 Å². The van der Waals surface area contributed by atoms with Crippen LogP contribution in [0.1, 0.15) is 6.42 Å². The van der Waals surface area contributed by atoms with Gasteiger partial charge >= 0.3 is 12.0 Å². The van der Waals surface area contributed by atoms with E-state index in [1.165, 1.54) is 7.11 Å². The van der Waals surface area contributed by atoms with Gasteiger partial charge in [-0.15, -0.1) is 0 Å². The van der Waals surface area contributed by atoms with Crippen molar-refractivity contribution in [2.24, 2.45) is 0 Å². The average molecular weight is 396 g/mol. The Balaban J connectivity index is 2.66. The summed E-state index contributed by atoms with van der Waals surface area (Å²) in [6, 6.07) is 2.91. The van der Waals surface area contributed by atoms with Crippen LogP contribution in [0.2, 0.25) is 0 Å². The molecule has 104 valence electrons. The number of anilines is 1. The van der Waals surface area contributed by atoms with E-state index in [2.05, 4.69) is 42.5 Å². The van der Waals surface area contributed by atoms with Crippen molar-refractivity contribution in [3.63, 3.8) is 0 Å². The number of methoxy groups -OCH3 is 1. The third-order valence-corrected chi connectivity index (χ3v) is 3.39. The summed E-state index contributed by atoms with van der Waals surface area (Å²) in [5, 5.41) is 13.5. The smallest absolute Gasteiger partial charge is 0.319 e. The second kappa shape index (κ2) is 7.34. The van der Waals surface area contributed by atoms with Crippen LogP contribution in [-0.2, 0) is 4.79 Å². The van der Waals surface area contributed by atoms with Crippen molar-refractivity contribution in [1.82, 2.24) is 5.32 Å². The summed E-state index contributed by atoms with van der Waals surface area (Å²) < 4.78 is 6.54. The third-order valence-electron chi connectivity index (χ3n) is 2.11. The van der Waals surface area contributed by atoms with Crippen LogP contribution in [-0.4, -0.2) is 30.8 Å². The van der Waals surface area contributed by atoms with E-state index < -0.39 is 12.0 Å². The highest BCUT2D eigenvalue weighted by Gasteiger charge is 2.10. The van der Waals surface area contributed by atoms with E-state index in [0.717, 1.165) is 4.47 Å². The number of carbonyl (C=O) groups is 2. The fourth-order valence-corrected chi connectivity index (χ4v) is 2.49. The van der Waals surface area contributed by atoms with Crippen LogP contribution >= 0.6 is 31.9 Å². The lowest BCUT2D eigenvalue weighted by Crippen LogP contribution is -2.30. The number of carboxylic acid groups (broad SMARTS) is 1. The van der Waals surface area contributed by atoms with E-state index in [4.69, 9.17) is 9.84 Å². The minimum Gasteiger partial charge on any atom is -0.495 e. The van der Waals surface area contributed by atoms with Gasteiger partial charge in [-0.2, -0.15) is 0 Å². The van der Waals surface area contributed by atoms with Gasteiger partial charge in [0.2, 0.25) is 0 Å². The summed E-state index contributed by atoms with van der Waals surface area (Å²) >= 11 is 6.63. The first kappa shape index (κ1) is 15.8. The monoisotopic (exact) mass is 394 g/mol. The van der Waals surface area contributed by atoms with Crippen LogP contribution in [0.15, 0.2) is 21.1 Å². The number of carboxylic acids is 1. The minimum atomic E-state index is -0.966. The van der Waals surface area contributed by atoms with Crippen molar-refractivity contribution in [3.05, 3.63) is 21.1 Å². The molecule has 0 unspecified atom stereocenters. The number of benzene rings is 1. The maximum Gasteiger partial charge on any atom is 0.319 e. The van der Waals surface area contributed by atoms with E-state index in [1.54, 1.807) is 12.1 Å². The average Bonchev–Trinajstić information content (AvgIpc) is 2.32. The standard InChI is InChI=1S/C11H12Br2N2O4/c1-19-9-5-8(6(12)4-7(9)13)15-11(18)14-3-2-10(16)17/h4-5H,2-3H2,1H3,(H,16,17)(H2,14,15,18). The molecule has 1 aromatic rings. The lowest BCUT2D eigenvalue weighted by molar-refractivity contribution is -0.136.